The lowest BCUT2D eigenvalue weighted by Gasteiger charge is -2.13. The maximum atomic E-state index is 11.6. The molecule has 0 heterocycles. The number of carbonyl (C=O) groups excluding carboxylic acids is 2. The van der Waals surface area contributed by atoms with Crippen LogP contribution in [0.5, 0.6) is 0 Å². The van der Waals surface area contributed by atoms with Crippen LogP contribution in [0.2, 0.25) is 5.02 Å². The van der Waals surface area contributed by atoms with Crippen LogP contribution in [-0.4, -0.2) is 32.1 Å². The molecule has 1 unspecified atom stereocenters. The van der Waals surface area contributed by atoms with Crippen molar-refractivity contribution in [1.82, 2.24) is 10.6 Å². The fraction of sp³-hybridized carbons (Fsp3) is 0.385. The molecule has 0 spiro atoms. The van der Waals surface area contributed by atoms with Gasteiger partial charge < -0.3 is 10.2 Å². The Kier molecular flexibility index (Phi) is 6.32. The summed E-state index contributed by atoms with van der Waals surface area (Å²) in [6, 6.07) is 7.03. The van der Waals surface area contributed by atoms with Gasteiger partial charge in [0, 0.05) is 17.1 Å². The second kappa shape index (κ2) is 7.76. The standard InChI is InChI=1S/C13H18ClN3O2/c1-3-15-13(19)16-12(18)9-17(2)8-10-4-6-11(14)7-5-10/h4-7H,3,8-9H2,1-2H3,(H2,15,16,18,19)/p+1. The van der Waals surface area contributed by atoms with E-state index in [4.69, 9.17) is 11.6 Å². The molecule has 0 radical (unpaired) electrons. The summed E-state index contributed by atoms with van der Waals surface area (Å²) in [4.78, 5) is 23.7. The first-order valence-corrected chi connectivity index (χ1v) is 6.52. The second-order valence-electron chi connectivity index (χ2n) is 4.34. The van der Waals surface area contributed by atoms with Crippen molar-refractivity contribution in [1.29, 1.82) is 0 Å². The largest absolute Gasteiger partial charge is 0.338 e. The van der Waals surface area contributed by atoms with Crippen LogP contribution >= 0.6 is 11.6 Å². The molecule has 1 aromatic carbocycles. The molecule has 0 saturated carbocycles. The molecule has 5 nitrogen and oxygen atoms in total. The van der Waals surface area contributed by atoms with Gasteiger partial charge in [0.25, 0.3) is 5.91 Å². The summed E-state index contributed by atoms with van der Waals surface area (Å²) < 4.78 is 0. The molecule has 0 saturated heterocycles. The van der Waals surface area contributed by atoms with E-state index in [0.29, 0.717) is 18.1 Å². The zero-order valence-electron chi connectivity index (χ0n) is 11.1. The van der Waals surface area contributed by atoms with Gasteiger partial charge in [-0.25, -0.2) is 4.79 Å². The quantitative estimate of drug-likeness (QED) is 0.723. The van der Waals surface area contributed by atoms with E-state index in [0.717, 1.165) is 10.5 Å². The number of rotatable bonds is 5. The Labute approximate surface area is 117 Å². The lowest BCUT2D eigenvalue weighted by molar-refractivity contribution is -0.885. The van der Waals surface area contributed by atoms with Crippen molar-refractivity contribution in [3.63, 3.8) is 0 Å². The number of hydrogen-bond donors (Lipinski definition) is 3. The summed E-state index contributed by atoms with van der Waals surface area (Å²) in [5, 5.41) is 5.48. The van der Waals surface area contributed by atoms with Gasteiger partial charge >= 0.3 is 6.03 Å². The predicted molar refractivity (Wildman–Crippen MR) is 74.1 cm³/mol. The number of urea groups is 1. The highest BCUT2D eigenvalue weighted by molar-refractivity contribution is 6.30. The fourth-order valence-corrected chi connectivity index (χ4v) is 1.79. The van der Waals surface area contributed by atoms with Crippen LogP contribution in [0.3, 0.4) is 0 Å². The molecule has 6 heteroatoms. The summed E-state index contributed by atoms with van der Waals surface area (Å²) in [6.07, 6.45) is 0. The summed E-state index contributed by atoms with van der Waals surface area (Å²) in [7, 11) is 1.89. The third-order valence-electron chi connectivity index (χ3n) is 2.47. The maximum absolute atomic E-state index is 11.6. The topological polar surface area (TPSA) is 62.6 Å². The van der Waals surface area contributed by atoms with Gasteiger partial charge in [0.15, 0.2) is 6.54 Å². The Morgan fingerprint density at radius 3 is 2.47 bits per heavy atom. The third kappa shape index (κ3) is 6.22. The van der Waals surface area contributed by atoms with Gasteiger partial charge in [-0.2, -0.15) is 0 Å². The van der Waals surface area contributed by atoms with Crippen LogP contribution < -0.4 is 15.5 Å². The van der Waals surface area contributed by atoms with Gasteiger partial charge in [-0.1, -0.05) is 23.7 Å². The predicted octanol–water partition coefficient (Wildman–Crippen LogP) is 0.200. The highest BCUT2D eigenvalue weighted by Crippen LogP contribution is 2.08. The molecule has 3 amide bonds. The van der Waals surface area contributed by atoms with Gasteiger partial charge in [-0.3, -0.25) is 10.1 Å². The molecule has 1 atom stereocenters. The number of quaternary nitrogens is 1. The summed E-state index contributed by atoms with van der Waals surface area (Å²) >= 11 is 5.80. The fourth-order valence-electron chi connectivity index (χ4n) is 1.66. The normalized spacial score (nSPS) is 11.7. The van der Waals surface area contributed by atoms with Gasteiger partial charge in [0.1, 0.15) is 6.54 Å². The van der Waals surface area contributed by atoms with E-state index >= 15 is 0 Å². The average molecular weight is 285 g/mol. The van der Waals surface area contributed by atoms with E-state index in [9.17, 15) is 9.59 Å². The smallest absolute Gasteiger partial charge is 0.321 e. The lowest BCUT2D eigenvalue weighted by Crippen LogP contribution is -3.09. The monoisotopic (exact) mass is 284 g/mol. The Hall–Kier alpha value is -1.59. The average Bonchev–Trinajstić information content (AvgIpc) is 2.32. The number of halogens is 1. The van der Waals surface area contributed by atoms with Gasteiger partial charge in [0.2, 0.25) is 0 Å². The molecule has 19 heavy (non-hydrogen) atoms. The highest BCUT2D eigenvalue weighted by atomic mass is 35.5. The SMILES string of the molecule is CCNC(=O)NC(=O)C[NH+](C)Cc1ccc(Cl)cc1. The molecule has 0 aliphatic carbocycles. The molecule has 104 valence electrons. The number of nitrogens with one attached hydrogen (secondary N) is 3. The van der Waals surface area contributed by atoms with Crippen molar-refractivity contribution in [3.8, 4) is 0 Å². The molecule has 0 aliphatic heterocycles. The molecular formula is C13H19ClN3O2+. The number of carbonyl (C=O) groups is 2. The Morgan fingerprint density at radius 1 is 1.26 bits per heavy atom. The Balaban J connectivity index is 2.38. The number of amides is 3. The van der Waals surface area contributed by atoms with E-state index in [2.05, 4.69) is 10.6 Å². The van der Waals surface area contributed by atoms with Crippen LogP contribution in [0.4, 0.5) is 4.79 Å². The number of imide groups is 1. The number of benzene rings is 1. The highest BCUT2D eigenvalue weighted by Gasteiger charge is 2.12. The molecule has 0 aliphatic rings. The van der Waals surface area contributed by atoms with Crippen LogP contribution in [-0.2, 0) is 11.3 Å². The van der Waals surface area contributed by atoms with E-state index in [-0.39, 0.29) is 12.5 Å². The van der Waals surface area contributed by atoms with E-state index < -0.39 is 6.03 Å². The molecule has 0 aromatic heterocycles. The third-order valence-corrected chi connectivity index (χ3v) is 2.72. The first-order valence-electron chi connectivity index (χ1n) is 6.14. The molecular weight excluding hydrogens is 266 g/mol. The summed E-state index contributed by atoms with van der Waals surface area (Å²) in [6.45, 7) is 3.22. The van der Waals surface area contributed by atoms with Gasteiger partial charge in [-0.05, 0) is 19.1 Å². The molecule has 1 aromatic rings. The molecule has 1 rings (SSSR count). The minimum Gasteiger partial charge on any atom is -0.338 e. The molecule has 0 bridgehead atoms. The van der Waals surface area contributed by atoms with Crippen molar-refractivity contribution in [2.24, 2.45) is 0 Å². The van der Waals surface area contributed by atoms with Crippen molar-refractivity contribution in [2.75, 3.05) is 20.1 Å². The Morgan fingerprint density at radius 2 is 1.89 bits per heavy atom. The summed E-state index contributed by atoms with van der Waals surface area (Å²) in [5.41, 5.74) is 1.09. The van der Waals surface area contributed by atoms with E-state index in [1.54, 1.807) is 6.92 Å². The number of likely N-dealkylation sites (N-methyl/N-ethyl adjacent to an activating group) is 1. The second-order valence-corrected chi connectivity index (χ2v) is 4.78. The lowest BCUT2D eigenvalue weighted by atomic mass is 10.2. The minimum atomic E-state index is -0.452. The molecule has 0 fully saturated rings. The van der Waals surface area contributed by atoms with Crippen LogP contribution in [0, 0.1) is 0 Å². The number of hydrogen-bond acceptors (Lipinski definition) is 2. The Bertz CT molecular complexity index is 434. The zero-order valence-corrected chi connectivity index (χ0v) is 11.9. The van der Waals surface area contributed by atoms with E-state index in [1.165, 1.54) is 0 Å². The van der Waals surface area contributed by atoms with Gasteiger partial charge in [-0.15, -0.1) is 0 Å². The minimum absolute atomic E-state index is 0.236. The van der Waals surface area contributed by atoms with Crippen LogP contribution in [0.1, 0.15) is 12.5 Å². The van der Waals surface area contributed by atoms with Crippen molar-refractivity contribution in [3.05, 3.63) is 34.9 Å². The first kappa shape index (κ1) is 15.5. The van der Waals surface area contributed by atoms with Crippen LogP contribution in [0.15, 0.2) is 24.3 Å². The maximum Gasteiger partial charge on any atom is 0.321 e. The van der Waals surface area contributed by atoms with E-state index in [1.807, 2.05) is 31.3 Å². The van der Waals surface area contributed by atoms with Crippen molar-refractivity contribution >= 4 is 23.5 Å². The van der Waals surface area contributed by atoms with Crippen molar-refractivity contribution < 1.29 is 14.5 Å². The zero-order chi connectivity index (χ0) is 14.3. The van der Waals surface area contributed by atoms with Crippen LogP contribution in [0.25, 0.3) is 0 Å². The summed E-state index contributed by atoms with van der Waals surface area (Å²) in [5.74, 6) is -0.294. The first-order chi connectivity index (χ1) is 9.01. The molecule has 3 N–H and O–H groups in total. The van der Waals surface area contributed by atoms with Gasteiger partial charge in [0.05, 0.1) is 7.05 Å². The van der Waals surface area contributed by atoms with Crippen molar-refractivity contribution in [2.45, 2.75) is 13.5 Å².